The molecule has 1 saturated heterocycles. The molecule has 1 aliphatic heterocycles. The van der Waals surface area contributed by atoms with Crippen molar-refractivity contribution in [3.63, 3.8) is 0 Å². The van der Waals surface area contributed by atoms with Crippen LogP contribution < -0.4 is 0 Å². The van der Waals surface area contributed by atoms with Crippen LogP contribution in [0.1, 0.15) is 32.3 Å². The molecule has 0 saturated carbocycles. The number of hydrogen-bond donors (Lipinski definition) is 0. The maximum absolute atomic E-state index is 12.5. The lowest BCUT2D eigenvalue weighted by Crippen LogP contribution is -2.41. The predicted octanol–water partition coefficient (Wildman–Crippen LogP) is 3.71. The second-order valence-electron chi connectivity index (χ2n) is 5.72. The van der Waals surface area contributed by atoms with Gasteiger partial charge in [-0.05, 0) is 49.3 Å². The van der Waals surface area contributed by atoms with E-state index in [1.54, 1.807) is 12.1 Å². The van der Waals surface area contributed by atoms with Gasteiger partial charge in [-0.15, -0.1) is 0 Å². The van der Waals surface area contributed by atoms with Crippen molar-refractivity contribution in [3.8, 4) is 0 Å². The summed E-state index contributed by atoms with van der Waals surface area (Å²) in [5.41, 5.74) is 0.476. The first kappa shape index (κ1) is 19.1. The third kappa shape index (κ3) is 4.90. The van der Waals surface area contributed by atoms with Gasteiger partial charge in [0.1, 0.15) is 0 Å². The van der Waals surface area contributed by atoms with Crippen molar-refractivity contribution in [1.82, 2.24) is 9.80 Å². The molecule has 0 aliphatic carbocycles. The van der Waals surface area contributed by atoms with Crippen LogP contribution in [-0.4, -0.2) is 45.6 Å². The topological polar surface area (TPSA) is 83.8 Å². The van der Waals surface area contributed by atoms with Gasteiger partial charge in [0.2, 0.25) is 0 Å². The highest BCUT2D eigenvalue weighted by Crippen LogP contribution is 2.32. The van der Waals surface area contributed by atoms with Gasteiger partial charge in [-0.2, -0.15) is 0 Å². The van der Waals surface area contributed by atoms with Crippen LogP contribution in [0.2, 0.25) is 0 Å². The lowest BCUT2D eigenvalue weighted by Gasteiger charge is -2.25. The second kappa shape index (κ2) is 8.77. The van der Waals surface area contributed by atoms with E-state index in [1.807, 2.05) is 0 Å². The molecule has 1 heterocycles. The number of rotatable bonds is 8. The first-order valence-corrected chi connectivity index (χ1v) is 9.00. The van der Waals surface area contributed by atoms with Gasteiger partial charge in [0.25, 0.3) is 16.8 Å². The molecule has 0 N–H and O–H groups in total. The van der Waals surface area contributed by atoms with E-state index in [2.05, 4.69) is 18.7 Å². The molecule has 1 fully saturated rings. The summed E-state index contributed by atoms with van der Waals surface area (Å²) in [5, 5.41) is 10.5. The second-order valence-corrected chi connectivity index (χ2v) is 6.71. The maximum Gasteiger partial charge on any atom is 0.294 e. The van der Waals surface area contributed by atoms with Crippen LogP contribution in [0.3, 0.4) is 0 Å². The average Bonchev–Trinajstić information content (AvgIpc) is 2.83. The molecule has 7 nitrogen and oxygen atoms in total. The Morgan fingerprint density at radius 1 is 1.24 bits per heavy atom. The van der Waals surface area contributed by atoms with Gasteiger partial charge in [0.05, 0.1) is 16.5 Å². The van der Waals surface area contributed by atoms with Crippen LogP contribution in [0, 0.1) is 10.1 Å². The highest BCUT2D eigenvalue weighted by atomic mass is 32.2. The fraction of sp³-hybridized carbons (Fsp3) is 0.412. The molecular weight excluding hydrogens is 342 g/mol. The quantitative estimate of drug-likeness (QED) is 0.398. The Morgan fingerprint density at radius 2 is 1.92 bits per heavy atom. The van der Waals surface area contributed by atoms with Crippen LogP contribution >= 0.6 is 11.8 Å². The number of hydrogen-bond acceptors (Lipinski definition) is 6. The van der Waals surface area contributed by atoms with Crippen molar-refractivity contribution in [2.24, 2.45) is 0 Å². The molecule has 0 atom stereocenters. The minimum atomic E-state index is -0.490. The van der Waals surface area contributed by atoms with Gasteiger partial charge < -0.3 is 0 Å². The van der Waals surface area contributed by atoms with E-state index >= 15 is 0 Å². The number of carbonyl (C=O) groups is 2. The van der Waals surface area contributed by atoms with Crippen LogP contribution in [0.5, 0.6) is 0 Å². The molecule has 8 heteroatoms. The first-order chi connectivity index (χ1) is 12.0. The Kier molecular flexibility index (Phi) is 6.72. The highest BCUT2D eigenvalue weighted by molar-refractivity contribution is 8.18. The number of benzene rings is 1. The number of carbonyl (C=O) groups excluding carboxylic acids is 2. The number of nitro benzene ring substituents is 1. The SMILES string of the molecule is CCCN(CCC)CN1C(=O)S/C(=C/c2cccc([N+](=O)[O-])c2)C1=O. The lowest BCUT2D eigenvalue weighted by molar-refractivity contribution is -0.384. The summed E-state index contributed by atoms with van der Waals surface area (Å²) in [7, 11) is 0. The molecular formula is C17H21N3O4S. The van der Waals surface area contributed by atoms with Crippen LogP contribution in [0.15, 0.2) is 29.2 Å². The van der Waals surface area contributed by atoms with Crippen molar-refractivity contribution in [2.75, 3.05) is 19.8 Å². The average molecular weight is 363 g/mol. The largest absolute Gasteiger partial charge is 0.294 e. The number of imide groups is 1. The Balaban J connectivity index is 2.17. The summed E-state index contributed by atoms with van der Waals surface area (Å²) >= 11 is 0.871. The van der Waals surface area contributed by atoms with E-state index in [0.717, 1.165) is 37.7 Å². The number of nitrogens with zero attached hydrogens (tertiary/aromatic N) is 3. The van der Waals surface area contributed by atoms with E-state index < -0.39 is 4.92 Å². The third-order valence-electron chi connectivity index (χ3n) is 3.67. The molecule has 2 amide bonds. The summed E-state index contributed by atoms with van der Waals surface area (Å²) in [4.78, 5) is 38.7. The standard InChI is InChI=1S/C17H21N3O4S/c1-3-8-18(9-4-2)12-19-16(21)15(25-17(19)22)11-13-6-5-7-14(10-13)20(23)24/h5-7,10-11H,3-4,8-9,12H2,1-2H3/b15-11+. The molecule has 0 aromatic heterocycles. The van der Waals surface area contributed by atoms with Crippen molar-refractivity contribution in [1.29, 1.82) is 0 Å². The Bertz CT molecular complexity index is 699. The summed E-state index contributed by atoms with van der Waals surface area (Å²) in [5.74, 6) is -0.348. The number of nitro groups is 1. The molecule has 0 unspecified atom stereocenters. The Hall–Kier alpha value is -2.19. The molecule has 25 heavy (non-hydrogen) atoms. The molecule has 1 aromatic carbocycles. The Morgan fingerprint density at radius 3 is 2.52 bits per heavy atom. The number of thioether (sulfide) groups is 1. The van der Waals surface area contributed by atoms with Crippen LogP contribution in [0.25, 0.3) is 6.08 Å². The fourth-order valence-corrected chi connectivity index (χ4v) is 3.42. The normalized spacial score (nSPS) is 16.3. The molecule has 1 aliphatic rings. The zero-order valence-electron chi connectivity index (χ0n) is 14.3. The van der Waals surface area contributed by atoms with Crippen LogP contribution in [0.4, 0.5) is 10.5 Å². The molecule has 0 bridgehead atoms. The minimum absolute atomic E-state index is 0.0509. The molecule has 1 aromatic rings. The summed E-state index contributed by atoms with van der Waals surface area (Å²) in [6, 6.07) is 5.99. The van der Waals surface area contributed by atoms with E-state index in [4.69, 9.17) is 0 Å². The lowest BCUT2D eigenvalue weighted by atomic mass is 10.2. The zero-order valence-corrected chi connectivity index (χ0v) is 15.1. The van der Waals surface area contributed by atoms with E-state index in [9.17, 15) is 19.7 Å². The molecule has 2 rings (SSSR count). The van der Waals surface area contributed by atoms with Crippen molar-refractivity contribution >= 4 is 34.7 Å². The minimum Gasteiger partial charge on any atom is -0.286 e. The smallest absolute Gasteiger partial charge is 0.286 e. The highest BCUT2D eigenvalue weighted by Gasteiger charge is 2.35. The first-order valence-electron chi connectivity index (χ1n) is 8.18. The van der Waals surface area contributed by atoms with Crippen molar-refractivity contribution in [3.05, 3.63) is 44.8 Å². The molecule has 134 valence electrons. The van der Waals surface area contributed by atoms with Gasteiger partial charge in [0.15, 0.2) is 0 Å². The zero-order chi connectivity index (χ0) is 18.4. The maximum atomic E-state index is 12.5. The number of amides is 2. The van der Waals surface area contributed by atoms with E-state index in [-0.39, 0.29) is 23.5 Å². The van der Waals surface area contributed by atoms with Gasteiger partial charge in [0, 0.05) is 12.1 Å². The molecule has 0 spiro atoms. The van der Waals surface area contributed by atoms with E-state index in [1.165, 1.54) is 23.1 Å². The summed E-state index contributed by atoms with van der Waals surface area (Å²) < 4.78 is 0. The Labute approximate surface area is 150 Å². The fourth-order valence-electron chi connectivity index (χ4n) is 2.59. The van der Waals surface area contributed by atoms with Crippen molar-refractivity contribution in [2.45, 2.75) is 26.7 Å². The van der Waals surface area contributed by atoms with Gasteiger partial charge >= 0.3 is 0 Å². The summed E-state index contributed by atoms with van der Waals surface area (Å²) in [6.07, 6.45) is 3.42. The third-order valence-corrected chi connectivity index (χ3v) is 4.58. The van der Waals surface area contributed by atoms with E-state index in [0.29, 0.717) is 10.5 Å². The van der Waals surface area contributed by atoms with Gasteiger partial charge in [-0.25, -0.2) is 0 Å². The number of non-ortho nitro benzene ring substituents is 1. The monoisotopic (exact) mass is 363 g/mol. The van der Waals surface area contributed by atoms with Crippen molar-refractivity contribution < 1.29 is 14.5 Å². The summed E-state index contributed by atoms with van der Waals surface area (Å²) in [6.45, 7) is 6.02. The van der Waals surface area contributed by atoms with Gasteiger partial charge in [-0.1, -0.05) is 26.0 Å². The molecule has 0 radical (unpaired) electrons. The predicted molar refractivity (Wildman–Crippen MR) is 97.9 cm³/mol. The van der Waals surface area contributed by atoms with Gasteiger partial charge in [-0.3, -0.25) is 29.5 Å². The van der Waals surface area contributed by atoms with Crippen LogP contribution in [-0.2, 0) is 4.79 Å².